The van der Waals surface area contributed by atoms with Crippen LogP contribution >= 0.6 is 0 Å². The van der Waals surface area contributed by atoms with Crippen molar-refractivity contribution in [2.24, 2.45) is 0 Å². The van der Waals surface area contributed by atoms with Crippen LogP contribution in [0.25, 0.3) is 6.08 Å². The van der Waals surface area contributed by atoms with Gasteiger partial charge in [0.05, 0.1) is 17.3 Å². The molecular formula is C29H40N2O3S. The first kappa shape index (κ1) is 25.8. The van der Waals surface area contributed by atoms with E-state index >= 15 is 0 Å². The van der Waals surface area contributed by atoms with Crippen LogP contribution < -0.4 is 9.80 Å². The number of nitrogens with zero attached hydrogens (tertiary/aromatic N) is 2. The fourth-order valence-corrected chi connectivity index (χ4v) is 7.02. The van der Waals surface area contributed by atoms with Crippen LogP contribution in [-0.2, 0) is 20.0 Å². The van der Waals surface area contributed by atoms with Gasteiger partial charge in [0.25, 0.3) is 0 Å². The van der Waals surface area contributed by atoms with Crippen LogP contribution in [0.4, 0.5) is 11.4 Å². The Morgan fingerprint density at radius 1 is 1.06 bits per heavy atom. The van der Waals surface area contributed by atoms with Crippen molar-refractivity contribution >= 4 is 27.3 Å². The van der Waals surface area contributed by atoms with E-state index in [0.717, 1.165) is 49.3 Å². The normalized spacial score (nSPS) is 21.2. The van der Waals surface area contributed by atoms with Crippen LogP contribution in [0.5, 0.6) is 0 Å². The minimum absolute atomic E-state index is 0.192. The second-order valence-corrected chi connectivity index (χ2v) is 12.2. The Bertz CT molecular complexity index is 1170. The van der Waals surface area contributed by atoms with Crippen molar-refractivity contribution < 1.29 is 13.2 Å². The molecule has 0 radical (unpaired) electrons. The smallest absolute Gasteiger partial charge is 0.178 e. The highest BCUT2D eigenvalue weighted by Crippen LogP contribution is 2.55. The molecule has 0 aromatic heterocycles. The fraction of sp³-hybridized carbons (Fsp3) is 0.517. The molecule has 4 rings (SSSR count). The molecule has 1 atom stereocenters. The second kappa shape index (κ2) is 9.98. The number of anilines is 2. The highest BCUT2D eigenvalue weighted by molar-refractivity contribution is 7.91. The molecule has 0 saturated carbocycles. The van der Waals surface area contributed by atoms with E-state index in [2.05, 4.69) is 73.9 Å². The second-order valence-electron chi connectivity index (χ2n) is 10.1. The topological polar surface area (TPSA) is 49.9 Å². The van der Waals surface area contributed by atoms with Crippen molar-refractivity contribution in [1.29, 1.82) is 0 Å². The predicted molar refractivity (Wildman–Crippen MR) is 146 cm³/mol. The third-order valence-electron chi connectivity index (χ3n) is 7.73. The van der Waals surface area contributed by atoms with Crippen LogP contribution in [-0.4, -0.2) is 46.1 Å². The van der Waals surface area contributed by atoms with Crippen molar-refractivity contribution in [2.45, 2.75) is 69.9 Å². The maximum absolute atomic E-state index is 13.0. The average Bonchev–Trinajstić information content (AvgIpc) is 3.06. The first-order chi connectivity index (χ1) is 16.7. The van der Waals surface area contributed by atoms with Gasteiger partial charge in [0.15, 0.2) is 15.6 Å². The van der Waals surface area contributed by atoms with Gasteiger partial charge in [0.2, 0.25) is 0 Å². The molecule has 1 fully saturated rings. The van der Waals surface area contributed by atoms with Crippen LogP contribution in [0.2, 0.25) is 0 Å². The molecule has 2 heterocycles. The molecule has 0 bridgehead atoms. The van der Waals surface area contributed by atoms with E-state index < -0.39 is 21.0 Å². The third kappa shape index (κ3) is 4.51. The van der Waals surface area contributed by atoms with Crippen LogP contribution in [0.1, 0.15) is 65.0 Å². The van der Waals surface area contributed by atoms with E-state index in [-0.39, 0.29) is 5.75 Å². The van der Waals surface area contributed by atoms with Crippen molar-refractivity contribution in [3.63, 3.8) is 0 Å². The molecule has 0 N–H and O–H groups in total. The van der Waals surface area contributed by atoms with E-state index in [1.807, 2.05) is 19.1 Å². The maximum Gasteiger partial charge on any atom is 0.178 e. The van der Waals surface area contributed by atoms with Crippen LogP contribution in [0.15, 0.2) is 53.4 Å². The summed E-state index contributed by atoms with van der Waals surface area (Å²) < 4.78 is 32.5. The lowest BCUT2D eigenvalue weighted by Crippen LogP contribution is -2.59. The molecule has 0 amide bonds. The summed E-state index contributed by atoms with van der Waals surface area (Å²) in [6.45, 7) is 14.2. The number of sulfone groups is 1. The molecular weight excluding hydrogens is 456 g/mol. The Morgan fingerprint density at radius 2 is 1.77 bits per heavy atom. The number of unbranched alkanes of at least 4 members (excludes halogenated alkanes) is 1. The van der Waals surface area contributed by atoms with E-state index in [4.69, 9.17) is 4.74 Å². The zero-order valence-electron chi connectivity index (χ0n) is 21.9. The molecule has 1 saturated heterocycles. The summed E-state index contributed by atoms with van der Waals surface area (Å²) in [6, 6.07) is 14.3. The van der Waals surface area contributed by atoms with Gasteiger partial charge < -0.3 is 14.5 Å². The molecule has 0 aliphatic carbocycles. The van der Waals surface area contributed by atoms with E-state index in [1.165, 1.54) is 5.69 Å². The molecule has 2 aliphatic rings. The molecule has 2 aromatic carbocycles. The largest absolute Gasteiger partial charge is 0.372 e. The number of rotatable bonds is 9. The summed E-state index contributed by atoms with van der Waals surface area (Å²) in [5, 5.41) is 0. The monoisotopic (exact) mass is 496 g/mol. The highest BCUT2D eigenvalue weighted by atomic mass is 32.2. The van der Waals surface area contributed by atoms with Crippen molar-refractivity contribution in [3.8, 4) is 0 Å². The van der Waals surface area contributed by atoms with Gasteiger partial charge in [0, 0.05) is 36.4 Å². The molecule has 1 unspecified atom stereocenters. The first-order valence-corrected chi connectivity index (χ1v) is 14.7. The third-order valence-corrected chi connectivity index (χ3v) is 9.52. The summed E-state index contributed by atoms with van der Waals surface area (Å²) in [6.07, 6.45) is 6.82. The van der Waals surface area contributed by atoms with Crippen LogP contribution in [0, 0.1) is 0 Å². The van der Waals surface area contributed by atoms with Crippen molar-refractivity contribution in [3.05, 3.63) is 59.7 Å². The van der Waals surface area contributed by atoms with Gasteiger partial charge in [-0.05, 0) is 74.2 Å². The number of hydrogen-bond acceptors (Lipinski definition) is 5. The van der Waals surface area contributed by atoms with Gasteiger partial charge in [-0.15, -0.1) is 0 Å². The Hall–Kier alpha value is -2.31. The Morgan fingerprint density at radius 3 is 2.43 bits per heavy atom. The van der Waals surface area contributed by atoms with Gasteiger partial charge >= 0.3 is 0 Å². The highest BCUT2D eigenvalue weighted by Gasteiger charge is 2.57. The minimum Gasteiger partial charge on any atom is -0.372 e. The van der Waals surface area contributed by atoms with Gasteiger partial charge in [-0.2, -0.15) is 0 Å². The molecule has 190 valence electrons. The van der Waals surface area contributed by atoms with E-state index in [9.17, 15) is 8.42 Å². The van der Waals surface area contributed by atoms with Crippen molar-refractivity contribution in [2.75, 3.05) is 41.8 Å². The Balaban J connectivity index is 1.70. The summed E-state index contributed by atoms with van der Waals surface area (Å²) >= 11 is 0. The Kier molecular flexibility index (Phi) is 7.35. The van der Waals surface area contributed by atoms with Gasteiger partial charge in [-0.3, -0.25) is 0 Å². The van der Waals surface area contributed by atoms with Gasteiger partial charge in [-0.1, -0.05) is 45.4 Å². The summed E-state index contributed by atoms with van der Waals surface area (Å²) in [5.74, 6) is 0.192. The lowest BCUT2D eigenvalue weighted by atomic mass is 9.76. The maximum atomic E-state index is 13.0. The Labute approximate surface area is 211 Å². The average molecular weight is 497 g/mol. The number of ether oxygens (including phenoxy) is 1. The van der Waals surface area contributed by atoms with Gasteiger partial charge in [0.1, 0.15) is 0 Å². The molecule has 2 aromatic rings. The SMILES string of the molecule is CCCCS(=O)(=O)c1ccc2c(c1)C(C)(C)C1(/C=C/c3ccc(N(CC)CC)cc3)OCCCN21. The molecule has 5 nitrogen and oxygen atoms in total. The van der Waals surface area contributed by atoms with E-state index in [1.54, 1.807) is 6.07 Å². The predicted octanol–water partition coefficient (Wildman–Crippen LogP) is 6.03. The first-order valence-electron chi connectivity index (χ1n) is 13.0. The summed E-state index contributed by atoms with van der Waals surface area (Å²) in [4.78, 5) is 5.08. The van der Waals surface area contributed by atoms with Crippen molar-refractivity contribution in [1.82, 2.24) is 0 Å². The minimum atomic E-state index is -3.30. The zero-order chi connectivity index (χ0) is 25.3. The quantitative estimate of drug-likeness (QED) is 0.424. The van der Waals surface area contributed by atoms with Crippen LogP contribution in [0.3, 0.4) is 0 Å². The number of hydrogen-bond donors (Lipinski definition) is 0. The molecule has 2 aliphatic heterocycles. The number of benzene rings is 2. The molecule has 6 heteroatoms. The summed E-state index contributed by atoms with van der Waals surface area (Å²) in [5.41, 5.74) is 3.39. The van der Waals surface area contributed by atoms with Gasteiger partial charge in [-0.25, -0.2) is 8.42 Å². The summed E-state index contributed by atoms with van der Waals surface area (Å²) in [7, 11) is -3.30. The molecule has 35 heavy (non-hydrogen) atoms. The zero-order valence-corrected chi connectivity index (χ0v) is 22.7. The number of fused-ring (bicyclic) bond motifs is 3. The standard InChI is InChI=1S/C29H40N2O3S/c1-6-9-21-35(32,33)25-15-16-27-26(22-25)28(4,5)29(31(27)19-10-20-34-29)18-17-23-11-13-24(14-12-23)30(7-2)8-3/h11-18,22H,6-10,19-21H2,1-5H3/b18-17+. The lowest BCUT2D eigenvalue weighted by Gasteiger charge is -2.48. The lowest BCUT2D eigenvalue weighted by molar-refractivity contribution is -0.0683. The molecule has 0 spiro atoms. The fourth-order valence-electron chi connectivity index (χ4n) is 5.54. The van der Waals surface area contributed by atoms with E-state index in [0.29, 0.717) is 17.9 Å².